The molecule has 9 aromatic rings. The number of imidazole rings is 1. The Morgan fingerprint density at radius 2 is 1.40 bits per heavy atom. The van der Waals surface area contributed by atoms with E-state index in [1.807, 2.05) is 36.4 Å². The molecule has 0 fully saturated rings. The van der Waals surface area contributed by atoms with E-state index in [2.05, 4.69) is 148 Å². The number of furan rings is 1. The quantitative estimate of drug-likeness (QED) is 0.150. The van der Waals surface area contributed by atoms with Gasteiger partial charge in [0.2, 0.25) is 0 Å². The third-order valence-corrected chi connectivity index (χ3v) is 10.5. The number of para-hydroxylation sites is 3. The van der Waals surface area contributed by atoms with E-state index in [1.54, 1.807) is 18.2 Å². The van der Waals surface area contributed by atoms with Gasteiger partial charge in [-0.25, -0.2) is 0 Å². The maximum Gasteiger partial charge on any atom is 0.123 e. The van der Waals surface area contributed by atoms with Gasteiger partial charge in [-0.05, 0) is 89.8 Å². The zero-order valence-electron chi connectivity index (χ0n) is 36.6. The van der Waals surface area contributed by atoms with E-state index in [9.17, 15) is 0 Å². The van der Waals surface area contributed by atoms with Crippen molar-refractivity contribution in [3.8, 4) is 50.8 Å². The molecular formula is C53H47IrN3O-2. The monoisotopic (exact) mass is 937 g/mol. The van der Waals surface area contributed by atoms with Crippen molar-refractivity contribution in [1.29, 1.82) is 0 Å². The summed E-state index contributed by atoms with van der Waals surface area (Å²) >= 11 is 0. The van der Waals surface area contributed by atoms with E-state index in [-0.39, 0.29) is 25.7 Å². The second kappa shape index (κ2) is 17.3. The maximum atomic E-state index is 7.23. The van der Waals surface area contributed by atoms with Gasteiger partial charge in [0, 0.05) is 41.7 Å². The van der Waals surface area contributed by atoms with Crippen LogP contribution in [0.5, 0.6) is 0 Å². The number of benzene rings is 6. The molecule has 291 valence electrons. The fourth-order valence-electron chi connectivity index (χ4n) is 7.68. The zero-order chi connectivity index (χ0) is 42.1. The van der Waals surface area contributed by atoms with Crippen molar-refractivity contribution in [2.45, 2.75) is 60.2 Å². The number of pyridine rings is 1. The number of aromatic nitrogens is 3. The van der Waals surface area contributed by atoms with Gasteiger partial charge in [-0.15, -0.1) is 47.5 Å². The first-order chi connectivity index (χ1) is 28.9. The van der Waals surface area contributed by atoms with Gasteiger partial charge in [-0.3, -0.25) is 4.98 Å². The fourth-order valence-corrected chi connectivity index (χ4v) is 7.68. The van der Waals surface area contributed by atoms with Crippen LogP contribution < -0.4 is 0 Å². The van der Waals surface area contributed by atoms with Gasteiger partial charge >= 0.3 is 0 Å². The van der Waals surface area contributed by atoms with E-state index in [1.165, 1.54) is 39.7 Å². The first-order valence-electron chi connectivity index (χ1n) is 21.1. The molecule has 0 N–H and O–H groups in total. The fraction of sp³-hybridized carbons (Fsp3) is 0.170. The Morgan fingerprint density at radius 3 is 2.05 bits per heavy atom. The van der Waals surface area contributed by atoms with Gasteiger partial charge in [0.05, 0.1) is 22.4 Å². The van der Waals surface area contributed by atoms with Crippen LogP contribution in [0.4, 0.5) is 0 Å². The minimum atomic E-state index is -2.09. The Bertz CT molecular complexity index is 2890. The molecule has 0 atom stereocenters. The molecule has 6 aromatic carbocycles. The summed E-state index contributed by atoms with van der Waals surface area (Å²) in [5, 5.41) is 1.05. The van der Waals surface area contributed by atoms with E-state index in [0.717, 1.165) is 61.5 Å². The van der Waals surface area contributed by atoms with Crippen LogP contribution in [0.3, 0.4) is 0 Å². The molecule has 9 rings (SSSR count). The van der Waals surface area contributed by atoms with Crippen LogP contribution in [-0.2, 0) is 20.1 Å². The average molecular weight is 937 g/mol. The number of rotatable bonds is 7. The topological polar surface area (TPSA) is 43.9 Å². The van der Waals surface area contributed by atoms with Crippen LogP contribution in [0.15, 0.2) is 150 Å². The Morgan fingerprint density at radius 1 is 0.707 bits per heavy atom. The molecular weight excluding hydrogens is 887 g/mol. The first-order valence-corrected chi connectivity index (χ1v) is 19.6. The summed E-state index contributed by atoms with van der Waals surface area (Å²) < 4.78 is 30.7. The predicted octanol–water partition coefficient (Wildman–Crippen LogP) is 14.3. The first kappa shape index (κ1) is 36.5. The van der Waals surface area contributed by atoms with Crippen LogP contribution in [0.2, 0.25) is 0 Å². The number of hydrogen-bond donors (Lipinski definition) is 0. The van der Waals surface area contributed by atoms with Gasteiger partial charge in [0.1, 0.15) is 5.76 Å². The van der Waals surface area contributed by atoms with E-state index < -0.39 is 6.85 Å². The summed E-state index contributed by atoms with van der Waals surface area (Å²) in [6, 6.07) is 53.9. The smallest absolute Gasteiger partial charge is 0.123 e. The summed E-state index contributed by atoms with van der Waals surface area (Å²) in [6.07, 6.45) is 1.39. The SMILES string of the molecule is Cc1cccc(C)c1-c1cc(-c2nc3ccccc3n2-c2c(C(C)C)cccc2C(C)C)[c-]c2oc(-c3ccccc3)cc12.[2H]C([2H])([2H])c1ccc(-c2[c-]cccc2)nc1.[Ir]. The maximum absolute atomic E-state index is 7.23. The van der Waals surface area contributed by atoms with Gasteiger partial charge in [0.15, 0.2) is 0 Å². The van der Waals surface area contributed by atoms with E-state index in [4.69, 9.17) is 13.5 Å². The normalized spacial score (nSPS) is 12.2. The molecule has 1 radical (unpaired) electrons. The molecule has 0 unspecified atom stereocenters. The standard InChI is InChI=1S/C41H37N2O.C12H10N.Ir/c1-25(2)31-18-13-19-32(26(3)4)40(31)43-36-21-11-10-20-35(36)42-41(43)30-22-34(39-27(5)14-12-15-28(39)6)33-24-37(44-38(33)23-30)29-16-8-7-9-17-29;1-10-7-8-12(13-9-10)11-5-3-2-4-6-11;/h7-22,24-26H,1-6H3;2-5,7-9H,1H3;/q2*-1;/i;1D3;. The van der Waals surface area contributed by atoms with Crippen LogP contribution >= 0.6 is 0 Å². The van der Waals surface area contributed by atoms with Gasteiger partial charge in [-0.2, -0.15) is 0 Å². The average Bonchev–Trinajstić information content (AvgIpc) is 3.86. The van der Waals surface area contributed by atoms with Crippen LogP contribution in [0.25, 0.3) is 72.8 Å². The van der Waals surface area contributed by atoms with Gasteiger partial charge in [0.25, 0.3) is 0 Å². The van der Waals surface area contributed by atoms with Gasteiger partial charge in [-0.1, -0.05) is 136 Å². The van der Waals surface area contributed by atoms with Crippen LogP contribution in [0.1, 0.15) is 71.5 Å². The Labute approximate surface area is 360 Å². The molecule has 58 heavy (non-hydrogen) atoms. The number of hydrogen-bond acceptors (Lipinski definition) is 3. The predicted molar refractivity (Wildman–Crippen MR) is 237 cm³/mol. The number of aryl methyl sites for hydroxylation is 3. The molecule has 0 saturated heterocycles. The summed E-state index contributed by atoms with van der Waals surface area (Å²) in [7, 11) is 0. The minimum Gasteiger partial charge on any atom is -0.477 e. The summed E-state index contributed by atoms with van der Waals surface area (Å²) in [4.78, 5) is 9.43. The number of fused-ring (bicyclic) bond motifs is 2. The van der Waals surface area contributed by atoms with Crippen molar-refractivity contribution in [3.63, 3.8) is 0 Å². The molecule has 0 saturated carbocycles. The van der Waals surface area contributed by atoms with Crippen molar-refractivity contribution in [1.82, 2.24) is 14.5 Å². The van der Waals surface area contributed by atoms with Crippen molar-refractivity contribution in [3.05, 3.63) is 186 Å². The van der Waals surface area contributed by atoms with Crippen molar-refractivity contribution in [2.75, 3.05) is 0 Å². The number of nitrogens with zero attached hydrogens (tertiary/aromatic N) is 3. The van der Waals surface area contributed by atoms with Crippen LogP contribution in [0, 0.1) is 32.8 Å². The largest absolute Gasteiger partial charge is 0.477 e. The van der Waals surface area contributed by atoms with E-state index in [0.29, 0.717) is 11.8 Å². The van der Waals surface area contributed by atoms with E-state index >= 15 is 0 Å². The van der Waals surface area contributed by atoms with Crippen molar-refractivity contribution >= 4 is 22.0 Å². The summed E-state index contributed by atoms with van der Waals surface area (Å²) in [5.74, 6) is 2.39. The molecule has 0 amide bonds. The Balaban J connectivity index is 0.000000278. The third kappa shape index (κ3) is 7.98. The second-order valence-corrected chi connectivity index (χ2v) is 15.1. The molecule has 0 aliphatic heterocycles. The molecule has 0 aliphatic carbocycles. The minimum absolute atomic E-state index is 0. The summed E-state index contributed by atoms with van der Waals surface area (Å²) in [6.45, 7) is 11.4. The van der Waals surface area contributed by atoms with Gasteiger partial charge < -0.3 is 14.0 Å². The third-order valence-electron chi connectivity index (χ3n) is 10.5. The van der Waals surface area contributed by atoms with Crippen LogP contribution in [-0.4, -0.2) is 14.5 Å². The summed E-state index contributed by atoms with van der Waals surface area (Å²) in [5.41, 5.74) is 15.2. The Hall–Kier alpha value is -5.87. The van der Waals surface area contributed by atoms with Crippen molar-refractivity contribution in [2.24, 2.45) is 0 Å². The molecule has 0 aliphatic rings. The molecule has 0 bridgehead atoms. The molecule has 4 nitrogen and oxygen atoms in total. The van der Waals surface area contributed by atoms with Crippen molar-refractivity contribution < 1.29 is 28.6 Å². The molecule has 3 heterocycles. The second-order valence-electron chi connectivity index (χ2n) is 15.1. The zero-order valence-corrected chi connectivity index (χ0v) is 36.0. The molecule has 3 aromatic heterocycles. The molecule has 5 heteroatoms. The Kier molecular flexibility index (Phi) is 10.9. The molecule has 0 spiro atoms.